The molecule has 2 N–H and O–H groups in total. The highest BCUT2D eigenvalue weighted by molar-refractivity contribution is 5.93. The van der Waals surface area contributed by atoms with E-state index in [0.717, 1.165) is 17.5 Å². The van der Waals surface area contributed by atoms with E-state index in [2.05, 4.69) is 5.32 Å². The van der Waals surface area contributed by atoms with Crippen LogP contribution in [0.15, 0.2) is 28.9 Å². The van der Waals surface area contributed by atoms with Gasteiger partial charge < -0.3 is 14.8 Å². The van der Waals surface area contributed by atoms with Crippen LogP contribution >= 0.6 is 0 Å². The maximum Gasteiger partial charge on any atom is 0.335 e. The summed E-state index contributed by atoms with van der Waals surface area (Å²) in [5.74, 6) is -0.930. The number of fused-ring (bicyclic) bond motifs is 1. The Morgan fingerprint density at radius 2 is 2.29 bits per heavy atom. The van der Waals surface area contributed by atoms with Crippen LogP contribution in [-0.4, -0.2) is 17.1 Å². The minimum Gasteiger partial charge on any atom is -0.478 e. The molecule has 0 amide bonds. The third-order valence-corrected chi connectivity index (χ3v) is 3.06. The molecule has 1 heterocycles. The lowest BCUT2D eigenvalue weighted by Gasteiger charge is -2.00. The molecule has 4 heteroatoms. The molecule has 0 atom stereocenters. The smallest absolute Gasteiger partial charge is 0.335 e. The van der Waals surface area contributed by atoms with E-state index >= 15 is 0 Å². The van der Waals surface area contributed by atoms with E-state index in [4.69, 9.17) is 9.52 Å². The lowest BCUT2D eigenvalue weighted by Crippen LogP contribution is -2.14. The topological polar surface area (TPSA) is 62.5 Å². The van der Waals surface area contributed by atoms with Crippen molar-refractivity contribution in [2.45, 2.75) is 25.4 Å². The normalized spacial score (nSPS) is 15.3. The van der Waals surface area contributed by atoms with Crippen molar-refractivity contribution in [3.63, 3.8) is 0 Å². The molecular weight excluding hydrogens is 218 g/mol. The summed E-state index contributed by atoms with van der Waals surface area (Å²) in [5, 5.41) is 13.3. The van der Waals surface area contributed by atoms with E-state index in [1.165, 1.54) is 12.8 Å². The fourth-order valence-electron chi connectivity index (χ4n) is 1.89. The fraction of sp³-hybridized carbons (Fsp3) is 0.308. The minimum absolute atomic E-state index is 0.258. The summed E-state index contributed by atoms with van der Waals surface area (Å²) in [5.41, 5.74) is 1.98. The molecule has 1 saturated carbocycles. The van der Waals surface area contributed by atoms with Gasteiger partial charge in [-0.1, -0.05) is 0 Å². The van der Waals surface area contributed by atoms with Crippen LogP contribution in [-0.2, 0) is 6.54 Å². The van der Waals surface area contributed by atoms with E-state index in [1.54, 1.807) is 18.4 Å². The Kier molecular flexibility index (Phi) is 2.37. The Morgan fingerprint density at radius 1 is 1.47 bits per heavy atom. The van der Waals surface area contributed by atoms with Gasteiger partial charge in [0.25, 0.3) is 0 Å². The highest BCUT2D eigenvalue weighted by Gasteiger charge is 2.20. The first-order chi connectivity index (χ1) is 8.24. The molecule has 0 bridgehead atoms. The first-order valence-electron chi connectivity index (χ1n) is 5.71. The summed E-state index contributed by atoms with van der Waals surface area (Å²) >= 11 is 0. The second-order valence-electron chi connectivity index (χ2n) is 4.43. The van der Waals surface area contributed by atoms with Gasteiger partial charge in [0, 0.05) is 23.5 Å². The molecule has 1 aromatic carbocycles. The third-order valence-electron chi connectivity index (χ3n) is 3.06. The van der Waals surface area contributed by atoms with Crippen molar-refractivity contribution in [2.24, 2.45) is 0 Å². The highest BCUT2D eigenvalue weighted by atomic mass is 16.4. The summed E-state index contributed by atoms with van der Waals surface area (Å²) in [7, 11) is 0. The molecule has 1 aliphatic carbocycles. The monoisotopic (exact) mass is 231 g/mol. The molecule has 0 unspecified atom stereocenters. The zero-order valence-electron chi connectivity index (χ0n) is 9.27. The quantitative estimate of drug-likeness (QED) is 0.848. The summed E-state index contributed by atoms with van der Waals surface area (Å²) in [6.45, 7) is 0.782. The van der Waals surface area contributed by atoms with E-state index in [0.29, 0.717) is 11.6 Å². The zero-order chi connectivity index (χ0) is 11.8. The number of carboxylic acid groups (broad SMARTS) is 1. The largest absolute Gasteiger partial charge is 0.478 e. The van der Waals surface area contributed by atoms with Gasteiger partial charge in [-0.2, -0.15) is 0 Å². The van der Waals surface area contributed by atoms with Gasteiger partial charge in [0.1, 0.15) is 5.58 Å². The molecule has 88 valence electrons. The molecule has 0 spiro atoms. The Balaban J connectivity index is 1.89. The number of furan rings is 1. The van der Waals surface area contributed by atoms with Crippen molar-refractivity contribution < 1.29 is 14.3 Å². The van der Waals surface area contributed by atoms with Crippen LogP contribution in [0, 0.1) is 0 Å². The Labute approximate surface area is 98.2 Å². The van der Waals surface area contributed by atoms with Crippen LogP contribution in [0.25, 0.3) is 11.0 Å². The number of nitrogens with one attached hydrogen (secondary N) is 1. The van der Waals surface area contributed by atoms with Gasteiger partial charge in [0.15, 0.2) is 0 Å². The molecule has 1 aromatic heterocycles. The number of aromatic carboxylic acids is 1. The molecule has 1 aliphatic rings. The van der Waals surface area contributed by atoms with Gasteiger partial charge >= 0.3 is 5.97 Å². The van der Waals surface area contributed by atoms with Crippen molar-refractivity contribution >= 4 is 16.9 Å². The number of hydrogen-bond acceptors (Lipinski definition) is 3. The number of rotatable bonds is 4. The summed E-state index contributed by atoms with van der Waals surface area (Å²) < 4.78 is 5.39. The van der Waals surface area contributed by atoms with Crippen LogP contribution in [0.1, 0.15) is 28.8 Å². The van der Waals surface area contributed by atoms with Crippen LogP contribution in [0.5, 0.6) is 0 Å². The molecule has 17 heavy (non-hydrogen) atoms. The zero-order valence-corrected chi connectivity index (χ0v) is 9.27. The van der Waals surface area contributed by atoms with Crippen molar-refractivity contribution in [2.75, 3.05) is 0 Å². The summed E-state index contributed by atoms with van der Waals surface area (Å²) in [4.78, 5) is 10.8. The first-order valence-corrected chi connectivity index (χ1v) is 5.71. The lowest BCUT2D eigenvalue weighted by molar-refractivity contribution is 0.0697. The second kappa shape index (κ2) is 3.89. The predicted molar refractivity (Wildman–Crippen MR) is 63.0 cm³/mol. The predicted octanol–water partition coefficient (Wildman–Crippen LogP) is 2.38. The third kappa shape index (κ3) is 2.03. The van der Waals surface area contributed by atoms with Crippen LogP contribution in [0.2, 0.25) is 0 Å². The van der Waals surface area contributed by atoms with E-state index < -0.39 is 5.97 Å². The summed E-state index contributed by atoms with van der Waals surface area (Å²) in [6.07, 6.45) is 4.20. The van der Waals surface area contributed by atoms with Crippen LogP contribution in [0.4, 0.5) is 0 Å². The standard InChI is InChI=1S/C13H13NO3/c15-13(16)8-1-4-11-9(6-14-10-2-3-10)7-17-12(11)5-8/h1,4-5,7,10,14H,2-3,6H2,(H,15,16). The molecular formula is C13H13NO3. The van der Waals surface area contributed by atoms with Crippen LogP contribution in [0.3, 0.4) is 0 Å². The molecule has 0 radical (unpaired) electrons. The van der Waals surface area contributed by atoms with Gasteiger partial charge in [-0.3, -0.25) is 0 Å². The van der Waals surface area contributed by atoms with Gasteiger partial charge in [-0.05, 0) is 31.0 Å². The first kappa shape index (κ1) is 10.4. The van der Waals surface area contributed by atoms with E-state index in [-0.39, 0.29) is 5.56 Å². The van der Waals surface area contributed by atoms with Gasteiger partial charge in [0.05, 0.1) is 11.8 Å². The number of hydrogen-bond donors (Lipinski definition) is 2. The Morgan fingerprint density at radius 3 is 3.00 bits per heavy atom. The molecule has 4 nitrogen and oxygen atoms in total. The second-order valence-corrected chi connectivity index (χ2v) is 4.43. The lowest BCUT2D eigenvalue weighted by atomic mass is 10.1. The summed E-state index contributed by atoms with van der Waals surface area (Å²) in [6, 6.07) is 5.64. The average Bonchev–Trinajstić information content (AvgIpc) is 3.06. The number of benzene rings is 1. The fourth-order valence-corrected chi connectivity index (χ4v) is 1.89. The van der Waals surface area contributed by atoms with Gasteiger partial charge in [0.2, 0.25) is 0 Å². The van der Waals surface area contributed by atoms with Crippen molar-refractivity contribution in [3.8, 4) is 0 Å². The van der Waals surface area contributed by atoms with Crippen molar-refractivity contribution in [1.29, 1.82) is 0 Å². The highest BCUT2D eigenvalue weighted by Crippen LogP contribution is 2.24. The maximum atomic E-state index is 10.8. The molecule has 1 fully saturated rings. The Hall–Kier alpha value is -1.81. The van der Waals surface area contributed by atoms with Gasteiger partial charge in [-0.15, -0.1) is 0 Å². The molecule has 3 rings (SSSR count). The maximum absolute atomic E-state index is 10.8. The SMILES string of the molecule is O=C(O)c1ccc2c(CNC3CC3)coc2c1. The Bertz CT molecular complexity index is 569. The van der Waals surface area contributed by atoms with Crippen molar-refractivity contribution in [1.82, 2.24) is 5.32 Å². The minimum atomic E-state index is -0.930. The number of carbonyl (C=O) groups is 1. The van der Waals surface area contributed by atoms with Crippen LogP contribution < -0.4 is 5.32 Å². The molecule has 0 saturated heterocycles. The van der Waals surface area contributed by atoms with Crippen molar-refractivity contribution in [3.05, 3.63) is 35.6 Å². The van der Waals surface area contributed by atoms with E-state index in [9.17, 15) is 4.79 Å². The average molecular weight is 231 g/mol. The van der Waals surface area contributed by atoms with Gasteiger partial charge in [-0.25, -0.2) is 4.79 Å². The molecule has 2 aromatic rings. The molecule has 0 aliphatic heterocycles. The number of carboxylic acids is 1. The van der Waals surface area contributed by atoms with E-state index in [1.807, 2.05) is 6.07 Å².